The molecule has 1 fully saturated rings. The predicted octanol–water partition coefficient (Wildman–Crippen LogP) is 3.79. The van der Waals surface area contributed by atoms with E-state index in [0.717, 1.165) is 18.9 Å². The zero-order chi connectivity index (χ0) is 14.4. The molecule has 0 aromatic carbocycles. The lowest BCUT2D eigenvalue weighted by atomic mass is 10.0. The zero-order valence-corrected chi connectivity index (χ0v) is 13.4. The van der Waals surface area contributed by atoms with E-state index in [2.05, 4.69) is 36.0 Å². The van der Waals surface area contributed by atoms with E-state index < -0.39 is 0 Å². The summed E-state index contributed by atoms with van der Waals surface area (Å²) in [5.41, 5.74) is 1.22. The van der Waals surface area contributed by atoms with Gasteiger partial charge in [0.15, 0.2) is 0 Å². The lowest BCUT2D eigenvalue weighted by Crippen LogP contribution is -2.30. The number of nitrogens with one attached hydrogen (secondary N) is 1. The normalized spacial score (nSPS) is 19.2. The van der Waals surface area contributed by atoms with Crippen LogP contribution < -0.4 is 5.32 Å². The van der Waals surface area contributed by atoms with Gasteiger partial charge in [-0.3, -0.25) is 10.1 Å². The van der Waals surface area contributed by atoms with Crippen molar-refractivity contribution in [2.24, 2.45) is 5.92 Å². The molecule has 0 spiro atoms. The Bertz CT molecular complexity index is 403. The topological polar surface area (TPSA) is 32.3 Å². The van der Waals surface area contributed by atoms with Crippen molar-refractivity contribution in [2.45, 2.75) is 52.1 Å². The third-order valence-corrected chi connectivity index (χ3v) is 4.57. The van der Waals surface area contributed by atoms with Crippen LogP contribution in [0.2, 0.25) is 0 Å². The molecule has 1 aliphatic rings. The molecule has 1 N–H and O–H groups in total. The van der Waals surface area contributed by atoms with Gasteiger partial charge in [0.2, 0.25) is 5.91 Å². The lowest BCUT2D eigenvalue weighted by Gasteiger charge is -2.23. The number of amides is 1. The smallest absolute Gasteiger partial charge is 0.238 e. The molecule has 1 unspecified atom stereocenters. The quantitative estimate of drug-likeness (QED) is 0.740. The van der Waals surface area contributed by atoms with E-state index in [9.17, 15) is 4.79 Å². The number of unbranched alkanes of at least 4 members (excludes halogenated alkanes) is 3. The van der Waals surface area contributed by atoms with Gasteiger partial charge in [0, 0.05) is 6.54 Å². The summed E-state index contributed by atoms with van der Waals surface area (Å²) in [7, 11) is 0. The van der Waals surface area contributed by atoms with Crippen molar-refractivity contribution in [3.8, 4) is 0 Å². The third-order valence-electron chi connectivity index (χ3n) is 3.87. The van der Waals surface area contributed by atoms with Crippen LogP contribution in [0.25, 0.3) is 0 Å². The molecular formula is C16H26N2OS. The first-order chi connectivity index (χ1) is 9.68. The van der Waals surface area contributed by atoms with E-state index in [0.29, 0.717) is 6.54 Å². The summed E-state index contributed by atoms with van der Waals surface area (Å²) in [6.07, 6.45) is 6.37. The molecule has 4 heteroatoms. The fraction of sp³-hybridized carbons (Fsp3) is 0.688. The summed E-state index contributed by atoms with van der Waals surface area (Å²) in [6, 6.07) is 2.11. The Morgan fingerprint density at radius 2 is 2.15 bits per heavy atom. The molecule has 3 nitrogen and oxygen atoms in total. The minimum absolute atomic E-state index is 0.101. The van der Waals surface area contributed by atoms with Gasteiger partial charge in [0.1, 0.15) is 6.17 Å². The van der Waals surface area contributed by atoms with E-state index in [1.807, 2.05) is 4.90 Å². The van der Waals surface area contributed by atoms with Gasteiger partial charge in [0.05, 0.1) is 6.54 Å². The van der Waals surface area contributed by atoms with Crippen molar-refractivity contribution in [3.05, 3.63) is 22.4 Å². The van der Waals surface area contributed by atoms with Crippen molar-refractivity contribution in [2.75, 3.05) is 13.1 Å². The van der Waals surface area contributed by atoms with Gasteiger partial charge in [0.25, 0.3) is 0 Å². The highest BCUT2D eigenvalue weighted by Gasteiger charge is 2.30. The van der Waals surface area contributed by atoms with Gasteiger partial charge in [-0.25, -0.2) is 0 Å². The van der Waals surface area contributed by atoms with Gasteiger partial charge in [-0.1, -0.05) is 39.5 Å². The highest BCUT2D eigenvalue weighted by Crippen LogP contribution is 2.24. The van der Waals surface area contributed by atoms with Crippen molar-refractivity contribution >= 4 is 17.2 Å². The van der Waals surface area contributed by atoms with Crippen molar-refractivity contribution in [1.82, 2.24) is 10.2 Å². The molecule has 1 aliphatic heterocycles. The Kier molecular flexibility index (Phi) is 6.05. The van der Waals surface area contributed by atoms with E-state index in [4.69, 9.17) is 0 Å². The highest BCUT2D eigenvalue weighted by atomic mass is 32.1. The molecule has 0 bridgehead atoms. The van der Waals surface area contributed by atoms with Crippen LogP contribution in [0.3, 0.4) is 0 Å². The van der Waals surface area contributed by atoms with Crippen molar-refractivity contribution in [3.63, 3.8) is 0 Å². The highest BCUT2D eigenvalue weighted by molar-refractivity contribution is 7.07. The molecule has 0 saturated carbocycles. The van der Waals surface area contributed by atoms with Crippen LogP contribution in [-0.4, -0.2) is 23.9 Å². The van der Waals surface area contributed by atoms with Crippen molar-refractivity contribution in [1.29, 1.82) is 0 Å². The Balaban J connectivity index is 1.72. The third kappa shape index (κ3) is 4.32. The van der Waals surface area contributed by atoms with Gasteiger partial charge < -0.3 is 4.90 Å². The van der Waals surface area contributed by atoms with Crippen LogP contribution >= 0.6 is 11.3 Å². The van der Waals surface area contributed by atoms with Gasteiger partial charge in [-0.05, 0) is 34.7 Å². The summed E-state index contributed by atoms with van der Waals surface area (Å²) in [5.74, 6) is 1.05. The SMILES string of the molecule is CC(C)CCCCCCN1C(=O)CNC1c1ccsc1. The summed E-state index contributed by atoms with van der Waals surface area (Å²) in [5, 5.41) is 7.51. The van der Waals surface area contributed by atoms with E-state index in [-0.39, 0.29) is 12.1 Å². The summed E-state index contributed by atoms with van der Waals surface area (Å²) in [4.78, 5) is 14.0. The summed E-state index contributed by atoms with van der Waals surface area (Å²) < 4.78 is 0. The maximum absolute atomic E-state index is 12.0. The van der Waals surface area contributed by atoms with Crippen molar-refractivity contribution < 1.29 is 4.79 Å². The molecule has 0 aliphatic carbocycles. The maximum Gasteiger partial charge on any atom is 0.238 e. The number of rotatable bonds is 8. The number of carbonyl (C=O) groups is 1. The molecule has 1 saturated heterocycles. The molecule has 2 heterocycles. The molecule has 112 valence electrons. The number of hydrogen-bond acceptors (Lipinski definition) is 3. The van der Waals surface area contributed by atoms with E-state index in [1.54, 1.807) is 11.3 Å². The number of hydrogen-bond donors (Lipinski definition) is 1. The molecule has 0 radical (unpaired) electrons. The molecule has 2 rings (SSSR count). The molecular weight excluding hydrogens is 268 g/mol. The first-order valence-electron chi connectivity index (χ1n) is 7.73. The summed E-state index contributed by atoms with van der Waals surface area (Å²) >= 11 is 1.69. The molecule has 1 aromatic rings. The molecule has 20 heavy (non-hydrogen) atoms. The molecule has 1 aromatic heterocycles. The van der Waals surface area contributed by atoms with Gasteiger partial charge in [-0.2, -0.15) is 11.3 Å². The average molecular weight is 294 g/mol. The monoisotopic (exact) mass is 294 g/mol. The van der Waals surface area contributed by atoms with Crippen LogP contribution in [0, 0.1) is 5.92 Å². The zero-order valence-electron chi connectivity index (χ0n) is 12.6. The van der Waals surface area contributed by atoms with Gasteiger partial charge >= 0.3 is 0 Å². The number of nitrogens with zero attached hydrogens (tertiary/aromatic N) is 1. The molecule has 1 amide bonds. The average Bonchev–Trinajstić information content (AvgIpc) is 3.03. The maximum atomic E-state index is 12.0. The Morgan fingerprint density at radius 3 is 2.85 bits per heavy atom. The minimum atomic E-state index is 0.101. The largest absolute Gasteiger partial charge is 0.322 e. The minimum Gasteiger partial charge on any atom is -0.322 e. The fourth-order valence-corrected chi connectivity index (χ4v) is 3.39. The first kappa shape index (κ1) is 15.5. The Labute approximate surface area is 126 Å². The standard InChI is InChI=1S/C16H26N2OS/c1-13(2)7-5-3-4-6-9-18-15(19)11-17-16(18)14-8-10-20-12-14/h8,10,12-13,16-17H,3-7,9,11H2,1-2H3. The van der Waals surface area contributed by atoms with Crippen LogP contribution in [0.1, 0.15) is 57.7 Å². The second-order valence-electron chi connectivity index (χ2n) is 6.02. The van der Waals surface area contributed by atoms with Crippen LogP contribution in [0.15, 0.2) is 16.8 Å². The fourth-order valence-electron chi connectivity index (χ4n) is 2.71. The van der Waals surface area contributed by atoms with E-state index >= 15 is 0 Å². The van der Waals surface area contributed by atoms with E-state index in [1.165, 1.54) is 31.2 Å². The second-order valence-corrected chi connectivity index (χ2v) is 6.80. The Hall–Kier alpha value is -0.870. The van der Waals surface area contributed by atoms with Crippen LogP contribution in [0.4, 0.5) is 0 Å². The molecule has 1 atom stereocenters. The Morgan fingerprint density at radius 1 is 1.35 bits per heavy atom. The first-order valence-corrected chi connectivity index (χ1v) is 8.67. The number of carbonyl (C=O) groups excluding carboxylic acids is 1. The van der Waals surface area contributed by atoms with Crippen LogP contribution in [-0.2, 0) is 4.79 Å². The summed E-state index contributed by atoms with van der Waals surface area (Å²) in [6.45, 7) is 5.92. The van der Waals surface area contributed by atoms with Gasteiger partial charge in [-0.15, -0.1) is 0 Å². The second kappa shape index (κ2) is 7.79. The lowest BCUT2D eigenvalue weighted by molar-refractivity contribution is -0.128. The predicted molar refractivity (Wildman–Crippen MR) is 84.7 cm³/mol. The number of thiophene rings is 1. The van der Waals surface area contributed by atoms with Crippen LogP contribution in [0.5, 0.6) is 0 Å².